The van der Waals surface area contributed by atoms with Crippen molar-refractivity contribution in [2.75, 3.05) is 13.2 Å². The Morgan fingerprint density at radius 1 is 1.35 bits per heavy atom. The summed E-state index contributed by atoms with van der Waals surface area (Å²) in [6.07, 6.45) is 3.12. The Bertz CT molecular complexity index is 522. The van der Waals surface area contributed by atoms with Gasteiger partial charge in [-0.1, -0.05) is 27.7 Å². The Morgan fingerprint density at radius 2 is 2.09 bits per heavy atom. The second-order valence-corrected chi connectivity index (χ2v) is 7.31. The molecule has 130 valence electrons. The predicted molar refractivity (Wildman–Crippen MR) is 89.4 cm³/mol. The van der Waals surface area contributed by atoms with E-state index in [1.165, 1.54) is 0 Å². The first-order chi connectivity index (χ1) is 10.9. The van der Waals surface area contributed by atoms with E-state index in [4.69, 9.17) is 9.15 Å². The smallest absolute Gasteiger partial charge is 0.289 e. The van der Waals surface area contributed by atoms with Crippen LogP contribution in [0.25, 0.3) is 0 Å². The normalized spacial score (nSPS) is 21.9. The van der Waals surface area contributed by atoms with Gasteiger partial charge in [-0.15, -0.1) is 0 Å². The lowest BCUT2D eigenvalue weighted by atomic mass is 9.87. The average molecular weight is 322 g/mol. The molecule has 1 fully saturated rings. The molecule has 2 heterocycles. The highest BCUT2D eigenvalue weighted by molar-refractivity contribution is 5.92. The van der Waals surface area contributed by atoms with Crippen molar-refractivity contribution in [2.45, 2.75) is 60.0 Å². The quantitative estimate of drug-likeness (QED) is 0.872. The molecule has 1 N–H and O–H groups in total. The molecule has 5 nitrogen and oxygen atoms in total. The van der Waals surface area contributed by atoms with Crippen LogP contribution in [-0.4, -0.2) is 30.1 Å². The van der Waals surface area contributed by atoms with Crippen LogP contribution in [0.1, 0.15) is 62.7 Å². The molecule has 1 amide bonds. The van der Waals surface area contributed by atoms with Crippen LogP contribution in [-0.2, 0) is 11.2 Å². The number of aromatic nitrogens is 1. The lowest BCUT2D eigenvalue weighted by Crippen LogP contribution is -2.41. The second-order valence-electron chi connectivity index (χ2n) is 7.31. The van der Waals surface area contributed by atoms with Gasteiger partial charge in [0.1, 0.15) is 0 Å². The zero-order valence-electron chi connectivity index (χ0n) is 15.0. The van der Waals surface area contributed by atoms with E-state index in [-0.39, 0.29) is 12.0 Å². The average Bonchev–Trinajstić information content (AvgIpc) is 2.84. The van der Waals surface area contributed by atoms with Crippen LogP contribution in [0.15, 0.2) is 4.42 Å². The van der Waals surface area contributed by atoms with Gasteiger partial charge in [0.25, 0.3) is 5.91 Å². The first kappa shape index (κ1) is 18.0. The van der Waals surface area contributed by atoms with E-state index in [1.807, 2.05) is 6.92 Å². The van der Waals surface area contributed by atoms with Gasteiger partial charge in [0, 0.05) is 25.5 Å². The number of amides is 1. The van der Waals surface area contributed by atoms with Crippen LogP contribution in [0.3, 0.4) is 0 Å². The number of nitrogens with one attached hydrogen (secondary N) is 1. The number of nitrogens with zero attached hydrogens (tertiary/aromatic N) is 1. The maximum atomic E-state index is 12.4. The van der Waals surface area contributed by atoms with Crippen LogP contribution in [0, 0.1) is 24.7 Å². The third kappa shape index (κ3) is 4.80. The minimum Gasteiger partial charge on any atom is -0.435 e. The van der Waals surface area contributed by atoms with Gasteiger partial charge >= 0.3 is 0 Å². The van der Waals surface area contributed by atoms with Crippen molar-refractivity contribution in [3.63, 3.8) is 0 Å². The molecule has 0 bridgehead atoms. The number of aryl methyl sites for hydroxylation is 1. The highest BCUT2D eigenvalue weighted by Crippen LogP contribution is 2.26. The van der Waals surface area contributed by atoms with Crippen molar-refractivity contribution in [1.82, 2.24) is 10.3 Å². The molecule has 0 unspecified atom stereocenters. The monoisotopic (exact) mass is 322 g/mol. The van der Waals surface area contributed by atoms with E-state index < -0.39 is 0 Å². The van der Waals surface area contributed by atoms with Crippen molar-refractivity contribution in [3.05, 3.63) is 17.3 Å². The topological polar surface area (TPSA) is 64.4 Å². The number of ether oxygens (including phenoxy) is 1. The molecular weight excluding hydrogens is 292 g/mol. The van der Waals surface area contributed by atoms with Crippen LogP contribution in [0.4, 0.5) is 0 Å². The van der Waals surface area contributed by atoms with Crippen molar-refractivity contribution in [1.29, 1.82) is 0 Å². The van der Waals surface area contributed by atoms with E-state index >= 15 is 0 Å². The number of hydrogen-bond acceptors (Lipinski definition) is 4. The van der Waals surface area contributed by atoms with E-state index in [0.717, 1.165) is 25.9 Å². The molecule has 1 aromatic rings. The zero-order chi connectivity index (χ0) is 17.0. The second kappa shape index (κ2) is 7.95. The van der Waals surface area contributed by atoms with Gasteiger partial charge < -0.3 is 14.5 Å². The standard InChI is InChI=1S/C18H30N2O3/c1-11(2)9-15-20-13(5)17(23-15)18(21)19-10-14-7-6-8-22-16(14)12(3)4/h11-12,14,16H,6-10H2,1-5H3,(H,19,21)/t14-,16-/m1/s1. The molecule has 2 atom stereocenters. The fourth-order valence-electron chi connectivity index (χ4n) is 3.22. The largest absolute Gasteiger partial charge is 0.435 e. The highest BCUT2D eigenvalue weighted by Gasteiger charge is 2.29. The van der Waals surface area contributed by atoms with Gasteiger partial charge in [-0.3, -0.25) is 4.79 Å². The van der Waals surface area contributed by atoms with Gasteiger partial charge in [-0.25, -0.2) is 4.98 Å². The summed E-state index contributed by atoms with van der Waals surface area (Å²) < 4.78 is 11.5. The van der Waals surface area contributed by atoms with E-state index in [2.05, 4.69) is 38.0 Å². The molecule has 5 heteroatoms. The van der Waals surface area contributed by atoms with Gasteiger partial charge in [0.05, 0.1) is 11.8 Å². The van der Waals surface area contributed by atoms with Gasteiger partial charge in [0.2, 0.25) is 5.76 Å². The van der Waals surface area contributed by atoms with Gasteiger partial charge in [-0.05, 0) is 31.6 Å². The summed E-state index contributed by atoms with van der Waals surface area (Å²) in [5.74, 6) is 2.10. The van der Waals surface area contributed by atoms with E-state index in [1.54, 1.807) is 0 Å². The van der Waals surface area contributed by atoms with Gasteiger partial charge in [-0.2, -0.15) is 0 Å². The number of carbonyl (C=O) groups is 1. The molecule has 1 saturated heterocycles. The van der Waals surface area contributed by atoms with Crippen LogP contribution in [0.2, 0.25) is 0 Å². The predicted octanol–water partition coefficient (Wildman–Crippen LogP) is 3.36. The number of hydrogen-bond donors (Lipinski definition) is 1. The summed E-state index contributed by atoms with van der Waals surface area (Å²) in [7, 11) is 0. The summed E-state index contributed by atoms with van der Waals surface area (Å²) in [6, 6.07) is 0. The van der Waals surface area contributed by atoms with E-state index in [9.17, 15) is 4.79 Å². The minimum absolute atomic E-state index is 0.168. The maximum Gasteiger partial charge on any atom is 0.289 e. The number of oxazole rings is 1. The Balaban J connectivity index is 1.95. The molecule has 1 aliphatic rings. The molecule has 0 radical (unpaired) electrons. The molecule has 0 aliphatic carbocycles. The molecule has 0 spiro atoms. The SMILES string of the molecule is Cc1nc(CC(C)C)oc1C(=O)NC[C@H]1CCCO[C@@H]1C(C)C. The summed E-state index contributed by atoms with van der Waals surface area (Å²) in [5.41, 5.74) is 0.665. The lowest BCUT2D eigenvalue weighted by molar-refractivity contribution is -0.0510. The van der Waals surface area contributed by atoms with Crippen LogP contribution < -0.4 is 5.32 Å². The van der Waals surface area contributed by atoms with Crippen molar-refractivity contribution >= 4 is 5.91 Å². The maximum absolute atomic E-state index is 12.4. The Morgan fingerprint density at radius 3 is 2.74 bits per heavy atom. The Labute approximate surface area is 139 Å². The fourth-order valence-corrected chi connectivity index (χ4v) is 3.22. The molecule has 0 aromatic carbocycles. The molecule has 23 heavy (non-hydrogen) atoms. The number of rotatable bonds is 6. The van der Waals surface area contributed by atoms with Gasteiger partial charge in [0.15, 0.2) is 5.89 Å². The Kier molecular flexibility index (Phi) is 6.22. The molecule has 1 aromatic heterocycles. The molecule has 0 saturated carbocycles. The van der Waals surface area contributed by atoms with Crippen LogP contribution in [0.5, 0.6) is 0 Å². The summed E-state index contributed by atoms with van der Waals surface area (Å²) in [5, 5.41) is 3.01. The highest BCUT2D eigenvalue weighted by atomic mass is 16.5. The minimum atomic E-state index is -0.168. The summed E-state index contributed by atoms with van der Waals surface area (Å²) >= 11 is 0. The Hall–Kier alpha value is -1.36. The first-order valence-electron chi connectivity index (χ1n) is 8.74. The van der Waals surface area contributed by atoms with Crippen molar-refractivity contribution in [3.8, 4) is 0 Å². The molecular formula is C18H30N2O3. The third-order valence-corrected chi connectivity index (χ3v) is 4.31. The first-order valence-corrected chi connectivity index (χ1v) is 8.74. The van der Waals surface area contributed by atoms with Crippen molar-refractivity contribution < 1.29 is 13.9 Å². The molecule has 1 aliphatic heterocycles. The summed E-state index contributed by atoms with van der Waals surface area (Å²) in [6.45, 7) is 11.8. The lowest BCUT2D eigenvalue weighted by Gasteiger charge is -2.34. The van der Waals surface area contributed by atoms with E-state index in [0.29, 0.717) is 41.6 Å². The van der Waals surface area contributed by atoms with Crippen LogP contribution >= 0.6 is 0 Å². The summed E-state index contributed by atoms with van der Waals surface area (Å²) in [4.78, 5) is 16.8. The fraction of sp³-hybridized carbons (Fsp3) is 0.778. The molecule has 2 rings (SSSR count). The zero-order valence-corrected chi connectivity index (χ0v) is 15.0. The number of carbonyl (C=O) groups excluding carboxylic acids is 1. The van der Waals surface area contributed by atoms with Crippen molar-refractivity contribution in [2.24, 2.45) is 17.8 Å². The third-order valence-electron chi connectivity index (χ3n) is 4.31.